The van der Waals surface area contributed by atoms with Gasteiger partial charge in [-0.05, 0) is 31.8 Å². The number of nitrogens with one attached hydrogen (secondary N) is 1. The van der Waals surface area contributed by atoms with Crippen molar-refractivity contribution in [3.8, 4) is 0 Å². The maximum absolute atomic E-state index is 11.3. The van der Waals surface area contributed by atoms with Crippen molar-refractivity contribution in [2.45, 2.75) is 12.8 Å². The molecule has 0 aromatic heterocycles. The Labute approximate surface area is 91.9 Å². The van der Waals surface area contributed by atoms with Gasteiger partial charge in [0.25, 0.3) is 0 Å². The first-order chi connectivity index (χ1) is 7.16. The van der Waals surface area contributed by atoms with Crippen LogP contribution in [0.4, 0.5) is 0 Å². The molecule has 1 N–H and O–H groups in total. The van der Waals surface area contributed by atoms with Gasteiger partial charge in [0, 0.05) is 19.6 Å². The topological polar surface area (TPSA) is 49.4 Å². The van der Waals surface area contributed by atoms with Gasteiger partial charge in [-0.15, -0.1) is 0 Å². The fourth-order valence-corrected chi connectivity index (χ4v) is 4.31. The van der Waals surface area contributed by atoms with Crippen LogP contribution in [0.15, 0.2) is 0 Å². The summed E-state index contributed by atoms with van der Waals surface area (Å²) in [6, 6.07) is 0. The smallest absolute Gasteiger partial charge is 0.150 e. The number of hydrogen-bond donors (Lipinski definition) is 1. The van der Waals surface area contributed by atoms with E-state index >= 15 is 0 Å². The van der Waals surface area contributed by atoms with E-state index in [1.54, 1.807) is 0 Å². The Bertz CT molecular complexity index is 295. The predicted octanol–water partition coefficient (Wildman–Crippen LogP) is -0.284. The highest BCUT2D eigenvalue weighted by Crippen LogP contribution is 2.19. The largest absolute Gasteiger partial charge is 0.315 e. The minimum absolute atomic E-state index is 0.382. The van der Waals surface area contributed by atoms with Crippen LogP contribution in [0.5, 0.6) is 0 Å². The number of rotatable bonds is 2. The van der Waals surface area contributed by atoms with Crippen LogP contribution in [0.1, 0.15) is 12.8 Å². The van der Waals surface area contributed by atoms with Gasteiger partial charge in [0.1, 0.15) is 0 Å². The molecule has 2 aliphatic heterocycles. The molecule has 0 aromatic rings. The van der Waals surface area contributed by atoms with Crippen LogP contribution in [-0.2, 0) is 9.84 Å². The summed E-state index contributed by atoms with van der Waals surface area (Å²) in [7, 11) is -2.70. The SMILES string of the molecule is O=S1(=O)CCC(CN2CCCNCC2)C1. The van der Waals surface area contributed by atoms with E-state index in [2.05, 4.69) is 10.2 Å². The van der Waals surface area contributed by atoms with Crippen molar-refractivity contribution < 1.29 is 8.42 Å². The molecule has 15 heavy (non-hydrogen) atoms. The molecule has 5 heteroatoms. The Balaban J connectivity index is 1.81. The van der Waals surface area contributed by atoms with E-state index in [-0.39, 0.29) is 0 Å². The molecule has 4 nitrogen and oxygen atoms in total. The highest BCUT2D eigenvalue weighted by molar-refractivity contribution is 7.91. The molecule has 0 radical (unpaired) electrons. The van der Waals surface area contributed by atoms with Gasteiger partial charge in [0.15, 0.2) is 9.84 Å². The number of nitrogens with zero attached hydrogens (tertiary/aromatic N) is 1. The van der Waals surface area contributed by atoms with E-state index in [9.17, 15) is 8.42 Å². The maximum atomic E-state index is 11.3. The van der Waals surface area contributed by atoms with Crippen LogP contribution in [0.3, 0.4) is 0 Å². The van der Waals surface area contributed by atoms with E-state index in [0.717, 1.165) is 39.1 Å². The van der Waals surface area contributed by atoms with Gasteiger partial charge in [0.05, 0.1) is 11.5 Å². The second-order valence-electron chi connectivity index (χ2n) is 4.67. The molecule has 0 spiro atoms. The Hall–Kier alpha value is -0.130. The van der Waals surface area contributed by atoms with E-state index in [1.165, 1.54) is 6.42 Å². The average Bonchev–Trinajstić information content (AvgIpc) is 2.41. The van der Waals surface area contributed by atoms with Crippen molar-refractivity contribution in [1.29, 1.82) is 0 Å². The van der Waals surface area contributed by atoms with Gasteiger partial charge in [-0.2, -0.15) is 0 Å². The molecule has 1 atom stereocenters. The maximum Gasteiger partial charge on any atom is 0.150 e. The first-order valence-electron chi connectivity index (χ1n) is 5.79. The second-order valence-corrected chi connectivity index (χ2v) is 6.90. The summed E-state index contributed by atoms with van der Waals surface area (Å²) in [6.45, 7) is 5.29. The van der Waals surface area contributed by atoms with Gasteiger partial charge < -0.3 is 10.2 Å². The van der Waals surface area contributed by atoms with Gasteiger partial charge in [0.2, 0.25) is 0 Å². The highest BCUT2D eigenvalue weighted by Gasteiger charge is 2.29. The quantitative estimate of drug-likeness (QED) is 0.711. The van der Waals surface area contributed by atoms with Crippen LogP contribution in [0.2, 0.25) is 0 Å². The van der Waals surface area contributed by atoms with Gasteiger partial charge >= 0.3 is 0 Å². The first-order valence-corrected chi connectivity index (χ1v) is 7.61. The molecule has 0 aromatic carbocycles. The summed E-state index contributed by atoms with van der Waals surface area (Å²) < 4.78 is 22.6. The predicted molar refractivity (Wildman–Crippen MR) is 60.7 cm³/mol. The van der Waals surface area contributed by atoms with Crippen molar-refractivity contribution in [1.82, 2.24) is 10.2 Å². The van der Waals surface area contributed by atoms with Crippen LogP contribution in [0, 0.1) is 5.92 Å². The van der Waals surface area contributed by atoms with Gasteiger partial charge in [-0.1, -0.05) is 0 Å². The normalized spacial score (nSPS) is 32.7. The number of hydrogen-bond acceptors (Lipinski definition) is 4. The molecular weight excluding hydrogens is 212 g/mol. The summed E-state index contributed by atoms with van der Waals surface area (Å²) in [6.07, 6.45) is 2.05. The Morgan fingerprint density at radius 2 is 2.13 bits per heavy atom. The van der Waals surface area contributed by atoms with E-state index in [0.29, 0.717) is 17.4 Å². The molecule has 0 aliphatic carbocycles. The summed E-state index contributed by atoms with van der Waals surface area (Å²) in [5.74, 6) is 1.20. The van der Waals surface area contributed by atoms with Crippen molar-refractivity contribution in [3.05, 3.63) is 0 Å². The van der Waals surface area contributed by atoms with E-state index in [1.807, 2.05) is 0 Å². The van der Waals surface area contributed by atoms with Crippen LogP contribution >= 0.6 is 0 Å². The molecule has 1 unspecified atom stereocenters. The van der Waals surface area contributed by atoms with Crippen molar-refractivity contribution in [3.63, 3.8) is 0 Å². The van der Waals surface area contributed by atoms with E-state index < -0.39 is 9.84 Å². The minimum atomic E-state index is -2.70. The Morgan fingerprint density at radius 1 is 1.27 bits per heavy atom. The lowest BCUT2D eigenvalue weighted by molar-refractivity contribution is 0.254. The van der Waals surface area contributed by atoms with E-state index in [4.69, 9.17) is 0 Å². The average molecular weight is 232 g/mol. The fourth-order valence-electron chi connectivity index (χ4n) is 2.47. The lowest BCUT2D eigenvalue weighted by atomic mass is 10.1. The standard InChI is InChI=1S/C10H20N2O2S/c13-15(14)7-2-10(9-15)8-12-5-1-3-11-4-6-12/h10-11H,1-9H2. The molecule has 88 valence electrons. The van der Waals surface area contributed by atoms with Crippen LogP contribution in [-0.4, -0.2) is 57.5 Å². The van der Waals surface area contributed by atoms with Crippen molar-refractivity contribution in [2.24, 2.45) is 5.92 Å². The fraction of sp³-hybridized carbons (Fsp3) is 1.00. The monoisotopic (exact) mass is 232 g/mol. The first kappa shape index (κ1) is 11.4. The van der Waals surface area contributed by atoms with Gasteiger partial charge in [-0.25, -0.2) is 8.42 Å². The lowest BCUT2D eigenvalue weighted by Gasteiger charge is -2.22. The summed E-state index contributed by atoms with van der Waals surface area (Å²) in [5, 5.41) is 3.36. The lowest BCUT2D eigenvalue weighted by Crippen LogP contribution is -2.33. The third-order valence-corrected chi connectivity index (χ3v) is 5.11. The Morgan fingerprint density at radius 3 is 2.87 bits per heavy atom. The van der Waals surface area contributed by atoms with Crippen LogP contribution in [0.25, 0.3) is 0 Å². The molecule has 2 aliphatic rings. The minimum Gasteiger partial charge on any atom is -0.315 e. The third kappa shape index (κ3) is 3.43. The molecule has 0 amide bonds. The van der Waals surface area contributed by atoms with Crippen LogP contribution < -0.4 is 5.32 Å². The van der Waals surface area contributed by atoms with Crippen molar-refractivity contribution in [2.75, 3.05) is 44.2 Å². The highest BCUT2D eigenvalue weighted by atomic mass is 32.2. The zero-order chi connectivity index (χ0) is 10.7. The summed E-state index contributed by atoms with van der Waals surface area (Å²) in [5.41, 5.74) is 0. The Kier molecular flexibility index (Phi) is 3.64. The molecule has 2 heterocycles. The molecule has 2 fully saturated rings. The molecule has 0 bridgehead atoms. The molecule has 0 saturated carbocycles. The zero-order valence-electron chi connectivity index (χ0n) is 9.11. The molecule has 2 rings (SSSR count). The van der Waals surface area contributed by atoms with Gasteiger partial charge in [-0.3, -0.25) is 0 Å². The molecular formula is C10H20N2O2S. The second kappa shape index (κ2) is 4.80. The summed E-state index contributed by atoms with van der Waals surface area (Å²) >= 11 is 0. The van der Waals surface area contributed by atoms with Crippen molar-refractivity contribution >= 4 is 9.84 Å². The third-order valence-electron chi connectivity index (χ3n) is 3.28. The zero-order valence-corrected chi connectivity index (χ0v) is 9.93. The summed E-state index contributed by atoms with van der Waals surface area (Å²) in [4.78, 5) is 2.41. The number of sulfone groups is 1. The molecule has 2 saturated heterocycles.